The van der Waals surface area contributed by atoms with Crippen molar-refractivity contribution in [3.8, 4) is 0 Å². The molecular weight excluding hydrogens is 700 g/mol. The fourth-order valence-electron chi connectivity index (χ4n) is 13.3. The molecule has 7 rings (SSSR count). The molecule has 13 heteroatoms. The molecule has 4 saturated carbocycles. The molecule has 0 amide bonds. The van der Waals surface area contributed by atoms with E-state index in [9.17, 15) is 40.5 Å². The van der Waals surface area contributed by atoms with Gasteiger partial charge in [-0.2, -0.15) is 0 Å². The van der Waals surface area contributed by atoms with E-state index in [2.05, 4.69) is 47.6 Å². The van der Waals surface area contributed by atoms with Gasteiger partial charge in [0.05, 0.1) is 30.8 Å². The van der Waals surface area contributed by atoms with Gasteiger partial charge in [-0.15, -0.1) is 0 Å². The van der Waals surface area contributed by atoms with E-state index in [1.165, 1.54) is 12.5 Å². The van der Waals surface area contributed by atoms with E-state index >= 15 is 0 Å². The molecule has 0 radical (unpaired) electrons. The first kappa shape index (κ1) is 42.4. The molecule has 7 aliphatic rings. The number of hydrogen-bond acceptors (Lipinski definition) is 11. The maximum absolute atomic E-state index is 13.0. The van der Waals surface area contributed by atoms with Gasteiger partial charge >= 0.3 is 5.97 Å². The van der Waals surface area contributed by atoms with Crippen LogP contribution in [0.1, 0.15) is 113 Å². The van der Waals surface area contributed by atoms with Crippen molar-refractivity contribution in [2.24, 2.45) is 50.2 Å². The van der Waals surface area contributed by atoms with E-state index in [1.807, 2.05) is 0 Å². The Hall–Kier alpha value is -1.23. The van der Waals surface area contributed by atoms with Gasteiger partial charge in [0.15, 0.2) is 12.6 Å². The Morgan fingerprint density at radius 3 is 2.19 bits per heavy atom. The van der Waals surface area contributed by atoms with Crippen molar-refractivity contribution in [2.75, 3.05) is 13.2 Å². The Morgan fingerprint density at radius 2 is 1.52 bits per heavy atom. The molecule has 2 aliphatic heterocycles. The average Bonchev–Trinajstić information content (AvgIpc) is 3.10. The first-order valence-corrected chi connectivity index (χ1v) is 20.2. The molecule has 0 bridgehead atoms. The summed E-state index contributed by atoms with van der Waals surface area (Å²) in [5, 5.41) is 74.9. The second-order valence-electron chi connectivity index (χ2n) is 20.0. The molecule has 2 heterocycles. The molecular formula is C41H68O13. The first-order chi connectivity index (χ1) is 24.7. The number of carboxylic acids is 1. The van der Waals surface area contributed by atoms with E-state index in [-0.39, 0.29) is 52.2 Å². The maximum atomic E-state index is 13.0. The van der Waals surface area contributed by atoms with Crippen LogP contribution >= 0.6 is 0 Å². The van der Waals surface area contributed by atoms with E-state index in [4.69, 9.17) is 18.9 Å². The third-order valence-electron chi connectivity index (χ3n) is 17.0. The minimum Gasteiger partial charge on any atom is -0.481 e. The molecule has 18 atom stereocenters. The summed E-state index contributed by atoms with van der Waals surface area (Å²) >= 11 is 0. The lowest BCUT2D eigenvalue weighted by atomic mass is 9.33. The summed E-state index contributed by atoms with van der Waals surface area (Å²) < 4.78 is 24.3. The molecule has 54 heavy (non-hydrogen) atoms. The second kappa shape index (κ2) is 14.2. The minimum absolute atomic E-state index is 0. The summed E-state index contributed by atoms with van der Waals surface area (Å²) in [6, 6.07) is 0. The van der Waals surface area contributed by atoms with Crippen molar-refractivity contribution in [2.45, 2.75) is 174 Å². The van der Waals surface area contributed by atoms with Gasteiger partial charge in [0, 0.05) is 5.41 Å². The van der Waals surface area contributed by atoms with Gasteiger partial charge in [-0.25, -0.2) is 0 Å². The Balaban J connectivity index is 0.00000497. The van der Waals surface area contributed by atoms with Crippen molar-refractivity contribution < 1.29 is 65.0 Å². The van der Waals surface area contributed by atoms with Crippen molar-refractivity contribution in [1.29, 1.82) is 0 Å². The van der Waals surface area contributed by atoms with Crippen molar-refractivity contribution >= 4 is 5.97 Å². The quantitative estimate of drug-likeness (QED) is 0.153. The van der Waals surface area contributed by atoms with Crippen LogP contribution in [-0.4, -0.2) is 122 Å². The lowest BCUT2D eigenvalue weighted by Crippen LogP contribution is -2.67. The molecule has 0 aromatic carbocycles. The first-order valence-electron chi connectivity index (χ1n) is 20.2. The Bertz CT molecular complexity index is 1440. The molecule has 13 unspecified atom stereocenters. The highest BCUT2D eigenvalue weighted by atomic mass is 16.8. The number of aliphatic hydroxyl groups is 6. The Morgan fingerprint density at radius 1 is 0.833 bits per heavy atom. The normalized spacial score (nSPS) is 54.1. The standard InChI is InChI=1S/C41H66O12.H2O/c1-21-28(44)30(46)31(47)33(51-21)53-32-29(45)24(43)19-50-34(32)52-27-11-12-37(4)25(38(27,5)20-42)10-13-40(7)26(37)9-8-22-23-18-36(2,3)14-16-41(23,35(48)49)17-15-39(22,40)6;/h8,21,23-34,42-47H,9-20H2,1-7H3,(H,48,49);1H2/t21?,23?,24?,25-,26-,27?,28?,29?,30?,31?,32-,33+,34-,37?,38?,39?,40?,41?;/m1./s1. The predicted octanol–water partition coefficient (Wildman–Crippen LogP) is 2.70. The van der Waals surface area contributed by atoms with Crippen LogP contribution in [0.25, 0.3) is 0 Å². The van der Waals surface area contributed by atoms with Crippen LogP contribution in [-0.2, 0) is 23.7 Å². The summed E-state index contributed by atoms with van der Waals surface area (Å²) in [4.78, 5) is 13.0. The number of ether oxygens (including phenoxy) is 4. The molecule has 6 fully saturated rings. The SMILES string of the molecule is CC1O[C@@H](O[C@@H]2C(O)C(O)CO[C@@H]2OC2CCC3(C)[C@H]4CC=C5C6CC(C)(C)CCC6(C(=O)O)CCC5(C)C4(C)CC[C@H]3C2(C)CO)C(O)C(O)C1O.O. The van der Waals surface area contributed by atoms with Crippen LogP contribution in [0.4, 0.5) is 0 Å². The van der Waals surface area contributed by atoms with Crippen LogP contribution < -0.4 is 0 Å². The number of aliphatic hydroxyl groups excluding tert-OH is 6. The summed E-state index contributed by atoms with van der Waals surface area (Å²) in [5.41, 5.74) is -0.239. The fraction of sp³-hybridized carbons (Fsp3) is 0.927. The average molecular weight is 769 g/mol. The van der Waals surface area contributed by atoms with Gasteiger partial charge < -0.3 is 60.2 Å². The molecule has 0 aromatic heterocycles. The predicted molar refractivity (Wildman–Crippen MR) is 196 cm³/mol. The molecule has 5 aliphatic carbocycles. The highest BCUT2D eigenvalue weighted by Crippen LogP contribution is 2.76. The number of fused-ring (bicyclic) bond motifs is 7. The van der Waals surface area contributed by atoms with Crippen LogP contribution in [0.15, 0.2) is 11.6 Å². The number of allylic oxidation sites excluding steroid dienone is 2. The summed E-state index contributed by atoms with van der Waals surface area (Å²) in [7, 11) is 0. The number of carbonyl (C=O) groups is 1. The van der Waals surface area contributed by atoms with Crippen LogP contribution in [0.3, 0.4) is 0 Å². The Labute approximate surface area is 319 Å². The third kappa shape index (κ3) is 6.08. The summed E-state index contributed by atoms with van der Waals surface area (Å²) in [6.07, 6.45) is -1.79. The van der Waals surface area contributed by atoms with Crippen LogP contribution in [0.2, 0.25) is 0 Å². The zero-order chi connectivity index (χ0) is 38.7. The highest BCUT2D eigenvalue weighted by Gasteiger charge is 2.70. The van der Waals surface area contributed by atoms with Crippen LogP contribution in [0, 0.1) is 50.2 Å². The highest BCUT2D eigenvalue weighted by molar-refractivity contribution is 5.76. The van der Waals surface area contributed by atoms with E-state index in [0.717, 1.165) is 51.4 Å². The lowest BCUT2D eigenvalue weighted by molar-refractivity contribution is -0.365. The van der Waals surface area contributed by atoms with Crippen LogP contribution in [0.5, 0.6) is 0 Å². The van der Waals surface area contributed by atoms with Crippen molar-refractivity contribution in [3.05, 3.63) is 11.6 Å². The minimum atomic E-state index is -1.62. The zero-order valence-corrected chi connectivity index (χ0v) is 33.2. The number of rotatable bonds is 6. The maximum Gasteiger partial charge on any atom is 0.310 e. The topological polar surface area (TPSA) is 227 Å². The second-order valence-corrected chi connectivity index (χ2v) is 20.0. The number of aliphatic carboxylic acids is 1. The summed E-state index contributed by atoms with van der Waals surface area (Å²) in [5.74, 6) is -0.194. The van der Waals surface area contributed by atoms with Crippen molar-refractivity contribution in [3.63, 3.8) is 0 Å². The molecule has 13 nitrogen and oxygen atoms in total. The van der Waals surface area contributed by atoms with Gasteiger partial charge in [0.25, 0.3) is 0 Å². The van der Waals surface area contributed by atoms with E-state index in [0.29, 0.717) is 18.8 Å². The largest absolute Gasteiger partial charge is 0.481 e. The Kier molecular flexibility index (Phi) is 11.2. The molecule has 9 N–H and O–H groups in total. The van der Waals surface area contributed by atoms with E-state index < -0.39 is 78.2 Å². The molecule has 310 valence electrons. The van der Waals surface area contributed by atoms with Gasteiger partial charge in [-0.05, 0) is 111 Å². The molecule has 0 spiro atoms. The van der Waals surface area contributed by atoms with Gasteiger partial charge in [0.1, 0.15) is 36.6 Å². The number of hydrogen-bond donors (Lipinski definition) is 7. The number of carboxylic acid groups (broad SMARTS) is 1. The fourth-order valence-corrected chi connectivity index (χ4v) is 13.3. The van der Waals surface area contributed by atoms with Crippen molar-refractivity contribution in [1.82, 2.24) is 0 Å². The lowest BCUT2D eigenvalue weighted by Gasteiger charge is -2.71. The molecule has 0 aromatic rings. The van der Waals surface area contributed by atoms with Gasteiger partial charge in [-0.1, -0.05) is 53.2 Å². The van der Waals surface area contributed by atoms with Gasteiger partial charge in [0.2, 0.25) is 0 Å². The summed E-state index contributed by atoms with van der Waals surface area (Å²) in [6.45, 7) is 15.1. The van der Waals surface area contributed by atoms with Gasteiger partial charge in [-0.3, -0.25) is 4.79 Å². The van der Waals surface area contributed by atoms with E-state index in [1.54, 1.807) is 0 Å². The monoisotopic (exact) mass is 768 g/mol. The smallest absolute Gasteiger partial charge is 0.310 e. The third-order valence-corrected chi connectivity index (χ3v) is 17.0. The molecule has 2 saturated heterocycles. The zero-order valence-electron chi connectivity index (χ0n) is 33.2.